The fourth-order valence-electron chi connectivity index (χ4n) is 3.18. The molecule has 0 radical (unpaired) electrons. The van der Waals surface area contributed by atoms with Crippen LogP contribution in [0.2, 0.25) is 0 Å². The van der Waals surface area contributed by atoms with Gasteiger partial charge in [0.1, 0.15) is 0 Å². The molecule has 134 valence electrons. The van der Waals surface area contributed by atoms with E-state index in [1.165, 1.54) is 0 Å². The lowest BCUT2D eigenvalue weighted by atomic mass is 9.99. The minimum absolute atomic E-state index is 0.143. The number of aryl methyl sites for hydroxylation is 1. The Bertz CT molecular complexity index is 1060. The van der Waals surface area contributed by atoms with Gasteiger partial charge in [-0.05, 0) is 36.6 Å². The van der Waals surface area contributed by atoms with E-state index in [0.717, 1.165) is 16.3 Å². The van der Waals surface area contributed by atoms with E-state index in [-0.39, 0.29) is 24.8 Å². The standard InChI is InChI=1S/C20H21N3O3/c1-12(15-9-5-7-14-6-3-4-8-17(14)15)21-18(24)11-10-16-13(2)22-20(26)23-19(16)25/h3-9,12H,10-11H2,1-2H3,(H,21,24)(H2,22,23,25,26)/t12-/m0/s1. The van der Waals surface area contributed by atoms with Crippen LogP contribution in [-0.4, -0.2) is 15.9 Å². The number of nitrogens with one attached hydrogen (secondary N) is 3. The van der Waals surface area contributed by atoms with Crippen molar-refractivity contribution in [2.24, 2.45) is 0 Å². The molecule has 0 aliphatic rings. The van der Waals surface area contributed by atoms with Gasteiger partial charge >= 0.3 is 5.69 Å². The number of amides is 1. The summed E-state index contributed by atoms with van der Waals surface area (Å²) in [5.74, 6) is -0.143. The largest absolute Gasteiger partial charge is 0.350 e. The zero-order valence-corrected chi connectivity index (χ0v) is 14.8. The van der Waals surface area contributed by atoms with Crippen LogP contribution >= 0.6 is 0 Å². The smallest absolute Gasteiger partial charge is 0.325 e. The first-order valence-electron chi connectivity index (χ1n) is 8.55. The number of H-pyrrole nitrogens is 2. The van der Waals surface area contributed by atoms with E-state index in [1.54, 1.807) is 6.92 Å². The number of carbonyl (C=O) groups excluding carboxylic acids is 1. The monoisotopic (exact) mass is 351 g/mol. The number of fused-ring (bicyclic) bond motifs is 1. The minimum atomic E-state index is -0.537. The molecule has 2 aromatic carbocycles. The molecule has 0 bridgehead atoms. The summed E-state index contributed by atoms with van der Waals surface area (Å²) in [7, 11) is 0. The number of aromatic amines is 2. The predicted octanol–water partition coefficient (Wildman–Crippen LogP) is 2.33. The second kappa shape index (κ2) is 7.39. The molecule has 0 spiro atoms. The highest BCUT2D eigenvalue weighted by Gasteiger charge is 2.14. The maximum absolute atomic E-state index is 12.3. The first-order chi connectivity index (χ1) is 12.5. The molecule has 26 heavy (non-hydrogen) atoms. The number of carbonyl (C=O) groups is 1. The lowest BCUT2D eigenvalue weighted by Gasteiger charge is -2.16. The molecule has 6 nitrogen and oxygen atoms in total. The Morgan fingerprint density at radius 3 is 2.58 bits per heavy atom. The zero-order chi connectivity index (χ0) is 18.7. The van der Waals surface area contributed by atoms with E-state index >= 15 is 0 Å². The van der Waals surface area contributed by atoms with Crippen LogP contribution in [0, 0.1) is 6.92 Å². The molecule has 3 N–H and O–H groups in total. The third kappa shape index (κ3) is 3.74. The SMILES string of the molecule is Cc1[nH]c(=O)[nH]c(=O)c1CCC(=O)N[C@@H](C)c1cccc2ccccc12. The molecule has 1 aromatic heterocycles. The first kappa shape index (κ1) is 17.7. The lowest BCUT2D eigenvalue weighted by Crippen LogP contribution is -2.30. The van der Waals surface area contributed by atoms with Crippen molar-refractivity contribution in [3.8, 4) is 0 Å². The molecule has 0 aliphatic heterocycles. The van der Waals surface area contributed by atoms with Gasteiger partial charge in [-0.3, -0.25) is 14.6 Å². The highest BCUT2D eigenvalue weighted by molar-refractivity contribution is 5.86. The Morgan fingerprint density at radius 1 is 1.08 bits per heavy atom. The highest BCUT2D eigenvalue weighted by Crippen LogP contribution is 2.24. The Balaban J connectivity index is 1.70. The summed E-state index contributed by atoms with van der Waals surface area (Å²) in [5, 5.41) is 5.22. The average Bonchev–Trinajstić information content (AvgIpc) is 2.60. The summed E-state index contributed by atoms with van der Waals surface area (Å²) < 4.78 is 0. The second-order valence-corrected chi connectivity index (χ2v) is 6.37. The molecule has 6 heteroatoms. The lowest BCUT2D eigenvalue weighted by molar-refractivity contribution is -0.121. The number of benzene rings is 2. The number of aromatic nitrogens is 2. The topological polar surface area (TPSA) is 94.8 Å². The molecule has 1 amide bonds. The van der Waals surface area contributed by atoms with Crippen LogP contribution in [-0.2, 0) is 11.2 Å². The third-order valence-corrected chi connectivity index (χ3v) is 4.52. The Kier molecular flexibility index (Phi) is 5.02. The Morgan fingerprint density at radius 2 is 1.81 bits per heavy atom. The number of hydrogen-bond donors (Lipinski definition) is 3. The molecule has 0 saturated carbocycles. The fourth-order valence-corrected chi connectivity index (χ4v) is 3.18. The van der Waals surface area contributed by atoms with Gasteiger partial charge in [-0.25, -0.2) is 4.79 Å². The van der Waals surface area contributed by atoms with Crippen LogP contribution in [0.1, 0.15) is 36.2 Å². The molecule has 3 aromatic rings. The van der Waals surface area contributed by atoms with Crippen LogP contribution < -0.4 is 16.6 Å². The Hall–Kier alpha value is -3.15. The molecule has 0 fully saturated rings. The van der Waals surface area contributed by atoms with E-state index in [9.17, 15) is 14.4 Å². The second-order valence-electron chi connectivity index (χ2n) is 6.37. The number of rotatable bonds is 5. The van der Waals surface area contributed by atoms with Crippen molar-refractivity contribution in [3.05, 3.63) is 80.1 Å². The van der Waals surface area contributed by atoms with Gasteiger partial charge in [0.2, 0.25) is 5.91 Å². The van der Waals surface area contributed by atoms with Crippen LogP contribution in [0.5, 0.6) is 0 Å². The summed E-state index contributed by atoms with van der Waals surface area (Å²) in [4.78, 5) is 40.1. The van der Waals surface area contributed by atoms with Crippen LogP contribution in [0.4, 0.5) is 0 Å². The molecule has 1 atom stereocenters. The highest BCUT2D eigenvalue weighted by atomic mass is 16.2. The summed E-state index contributed by atoms with van der Waals surface area (Å²) in [6.45, 7) is 3.60. The number of hydrogen-bond acceptors (Lipinski definition) is 3. The summed E-state index contributed by atoms with van der Waals surface area (Å²) >= 11 is 0. The minimum Gasteiger partial charge on any atom is -0.350 e. The molecular formula is C20H21N3O3. The molecule has 0 aliphatic carbocycles. The molecular weight excluding hydrogens is 330 g/mol. The molecule has 3 rings (SSSR count). The van der Waals surface area contributed by atoms with Crippen LogP contribution in [0.25, 0.3) is 10.8 Å². The van der Waals surface area contributed by atoms with E-state index in [1.807, 2.05) is 49.4 Å². The third-order valence-electron chi connectivity index (χ3n) is 4.52. The summed E-state index contributed by atoms with van der Waals surface area (Å²) in [6.07, 6.45) is 0.442. The van der Waals surface area contributed by atoms with Gasteiger partial charge in [0.25, 0.3) is 5.56 Å². The normalized spacial score (nSPS) is 12.1. The molecule has 0 unspecified atom stereocenters. The van der Waals surface area contributed by atoms with Gasteiger partial charge in [0.05, 0.1) is 6.04 Å². The van der Waals surface area contributed by atoms with Gasteiger partial charge in [-0.15, -0.1) is 0 Å². The van der Waals surface area contributed by atoms with Gasteiger partial charge in [-0.2, -0.15) is 0 Å². The van der Waals surface area contributed by atoms with Gasteiger partial charge in [-0.1, -0.05) is 42.5 Å². The van der Waals surface area contributed by atoms with Crippen molar-refractivity contribution in [2.45, 2.75) is 32.7 Å². The van der Waals surface area contributed by atoms with Gasteiger partial charge in [0, 0.05) is 17.7 Å². The van der Waals surface area contributed by atoms with Crippen molar-refractivity contribution < 1.29 is 4.79 Å². The summed E-state index contributed by atoms with van der Waals surface area (Å²) in [6, 6.07) is 13.9. The Labute approximate surface area is 150 Å². The summed E-state index contributed by atoms with van der Waals surface area (Å²) in [5.41, 5.74) is 0.993. The first-order valence-corrected chi connectivity index (χ1v) is 8.55. The molecule has 0 saturated heterocycles. The van der Waals surface area contributed by atoms with E-state index in [4.69, 9.17) is 0 Å². The van der Waals surface area contributed by atoms with E-state index in [2.05, 4.69) is 15.3 Å². The van der Waals surface area contributed by atoms with Crippen LogP contribution in [0.15, 0.2) is 52.1 Å². The predicted molar refractivity (Wildman–Crippen MR) is 101 cm³/mol. The van der Waals surface area contributed by atoms with E-state index < -0.39 is 11.2 Å². The zero-order valence-electron chi connectivity index (χ0n) is 14.8. The average molecular weight is 351 g/mol. The fraction of sp³-hybridized carbons (Fsp3) is 0.250. The van der Waals surface area contributed by atoms with Crippen molar-refractivity contribution in [1.29, 1.82) is 0 Å². The van der Waals surface area contributed by atoms with Gasteiger partial charge < -0.3 is 10.3 Å². The maximum Gasteiger partial charge on any atom is 0.325 e. The molecule has 1 heterocycles. The van der Waals surface area contributed by atoms with Crippen LogP contribution in [0.3, 0.4) is 0 Å². The van der Waals surface area contributed by atoms with E-state index in [0.29, 0.717) is 11.3 Å². The van der Waals surface area contributed by atoms with Crippen molar-refractivity contribution >= 4 is 16.7 Å². The van der Waals surface area contributed by atoms with Gasteiger partial charge in [0.15, 0.2) is 0 Å². The quantitative estimate of drug-likeness (QED) is 0.658. The maximum atomic E-state index is 12.3. The van der Waals surface area contributed by atoms with Crippen molar-refractivity contribution in [1.82, 2.24) is 15.3 Å². The van der Waals surface area contributed by atoms with Crippen molar-refractivity contribution in [3.63, 3.8) is 0 Å². The van der Waals surface area contributed by atoms with Crippen molar-refractivity contribution in [2.75, 3.05) is 0 Å².